The van der Waals surface area contributed by atoms with E-state index in [4.69, 9.17) is 20.5 Å². The standard InChI is InChI=1S/C10H20BNO4/c12-10(16-8-13)6-2-1-4-9(10)5-3-7-11(14)15/h8-9,14-15H,1-7,12H2/t9-,10-/m0/s1. The van der Waals surface area contributed by atoms with Crippen molar-refractivity contribution in [1.82, 2.24) is 0 Å². The quantitative estimate of drug-likeness (QED) is 0.345. The molecule has 0 amide bonds. The van der Waals surface area contributed by atoms with Crippen LogP contribution in [-0.2, 0) is 9.53 Å². The first-order valence-electron chi connectivity index (χ1n) is 5.85. The molecule has 16 heavy (non-hydrogen) atoms. The number of hydrogen-bond donors (Lipinski definition) is 3. The minimum absolute atomic E-state index is 0.130. The van der Waals surface area contributed by atoms with Crippen LogP contribution in [0, 0.1) is 5.92 Å². The molecule has 0 spiro atoms. The Hall–Kier alpha value is -0.585. The second kappa shape index (κ2) is 6.22. The van der Waals surface area contributed by atoms with Crippen molar-refractivity contribution in [3.8, 4) is 0 Å². The first-order chi connectivity index (χ1) is 7.58. The molecule has 0 unspecified atom stereocenters. The summed E-state index contributed by atoms with van der Waals surface area (Å²) in [4.78, 5) is 10.4. The third-order valence-electron chi connectivity index (χ3n) is 3.34. The Kier molecular flexibility index (Phi) is 5.24. The number of nitrogens with two attached hydrogens (primary N) is 1. The van der Waals surface area contributed by atoms with Crippen molar-refractivity contribution < 1.29 is 19.6 Å². The largest absolute Gasteiger partial charge is 0.451 e. The number of hydrogen-bond acceptors (Lipinski definition) is 5. The van der Waals surface area contributed by atoms with Crippen LogP contribution in [-0.4, -0.2) is 29.4 Å². The maximum atomic E-state index is 10.4. The number of carbonyl (C=O) groups is 1. The van der Waals surface area contributed by atoms with Crippen LogP contribution in [0.3, 0.4) is 0 Å². The molecule has 5 nitrogen and oxygen atoms in total. The molecule has 0 aromatic carbocycles. The topological polar surface area (TPSA) is 92.8 Å². The Bertz CT molecular complexity index is 227. The lowest BCUT2D eigenvalue weighted by molar-refractivity contribution is -0.154. The summed E-state index contributed by atoms with van der Waals surface area (Å²) in [5, 5.41) is 17.5. The van der Waals surface area contributed by atoms with E-state index in [0.29, 0.717) is 25.6 Å². The lowest BCUT2D eigenvalue weighted by Crippen LogP contribution is -2.51. The van der Waals surface area contributed by atoms with Gasteiger partial charge in [-0.05, 0) is 25.6 Å². The van der Waals surface area contributed by atoms with Gasteiger partial charge in [0.05, 0.1) is 0 Å². The van der Waals surface area contributed by atoms with Gasteiger partial charge in [-0.15, -0.1) is 0 Å². The van der Waals surface area contributed by atoms with Crippen LogP contribution in [0.1, 0.15) is 38.5 Å². The molecule has 1 aliphatic rings. The highest BCUT2D eigenvalue weighted by Crippen LogP contribution is 2.35. The highest BCUT2D eigenvalue weighted by atomic mass is 16.5. The SMILES string of the molecule is N[C@]1(OC=O)CCCC[C@H]1CCCB(O)O. The molecule has 0 aromatic rings. The van der Waals surface area contributed by atoms with E-state index < -0.39 is 12.8 Å². The van der Waals surface area contributed by atoms with Crippen LogP contribution < -0.4 is 5.73 Å². The molecule has 0 radical (unpaired) electrons. The summed E-state index contributed by atoms with van der Waals surface area (Å²) in [6, 6.07) is 0. The number of rotatable bonds is 6. The second-order valence-electron chi connectivity index (χ2n) is 4.52. The van der Waals surface area contributed by atoms with E-state index in [9.17, 15) is 4.79 Å². The van der Waals surface area contributed by atoms with E-state index in [2.05, 4.69) is 0 Å². The first-order valence-corrected chi connectivity index (χ1v) is 5.85. The van der Waals surface area contributed by atoms with Crippen molar-refractivity contribution in [2.45, 2.75) is 50.6 Å². The molecule has 6 heteroatoms. The van der Waals surface area contributed by atoms with Gasteiger partial charge in [0.2, 0.25) is 0 Å². The maximum Gasteiger partial charge on any atom is 0.451 e. The molecule has 1 fully saturated rings. The number of ether oxygens (including phenoxy) is 1. The van der Waals surface area contributed by atoms with E-state index in [-0.39, 0.29) is 5.92 Å². The fourth-order valence-electron chi connectivity index (χ4n) is 2.42. The highest BCUT2D eigenvalue weighted by molar-refractivity contribution is 6.40. The average molecular weight is 229 g/mol. The van der Waals surface area contributed by atoms with Crippen LogP contribution in [0.2, 0.25) is 6.32 Å². The van der Waals surface area contributed by atoms with Crippen LogP contribution >= 0.6 is 0 Å². The molecular formula is C10H20BNO4. The molecule has 0 heterocycles. The summed E-state index contributed by atoms with van der Waals surface area (Å²) in [7, 11) is -1.26. The molecule has 0 aromatic heterocycles. The fourth-order valence-corrected chi connectivity index (χ4v) is 2.42. The molecule has 1 saturated carbocycles. The zero-order valence-electron chi connectivity index (χ0n) is 9.47. The summed E-state index contributed by atoms with van der Waals surface area (Å²) >= 11 is 0. The van der Waals surface area contributed by atoms with Crippen LogP contribution in [0.25, 0.3) is 0 Å². The zero-order valence-corrected chi connectivity index (χ0v) is 9.47. The van der Waals surface area contributed by atoms with Gasteiger partial charge in [-0.25, -0.2) is 0 Å². The third-order valence-corrected chi connectivity index (χ3v) is 3.34. The van der Waals surface area contributed by atoms with Crippen molar-refractivity contribution in [2.24, 2.45) is 11.7 Å². The molecule has 4 N–H and O–H groups in total. The van der Waals surface area contributed by atoms with Gasteiger partial charge < -0.3 is 14.8 Å². The van der Waals surface area contributed by atoms with Gasteiger partial charge in [0.1, 0.15) is 0 Å². The fraction of sp³-hybridized carbons (Fsp3) is 0.900. The monoisotopic (exact) mass is 229 g/mol. The van der Waals surface area contributed by atoms with Crippen molar-refractivity contribution in [3.05, 3.63) is 0 Å². The lowest BCUT2D eigenvalue weighted by atomic mass is 9.75. The minimum atomic E-state index is -1.26. The summed E-state index contributed by atoms with van der Waals surface area (Å²) in [6.07, 6.45) is 5.49. The van der Waals surface area contributed by atoms with Gasteiger partial charge in [0, 0.05) is 12.3 Å². The van der Waals surface area contributed by atoms with Gasteiger partial charge in [-0.1, -0.05) is 12.8 Å². The van der Waals surface area contributed by atoms with Crippen molar-refractivity contribution >= 4 is 13.6 Å². The summed E-state index contributed by atoms with van der Waals surface area (Å²) < 4.78 is 5.01. The Morgan fingerprint density at radius 1 is 1.50 bits per heavy atom. The Labute approximate surface area is 96.1 Å². The summed E-state index contributed by atoms with van der Waals surface area (Å²) in [6.45, 7) is 0.416. The minimum Gasteiger partial charge on any atom is -0.446 e. The molecule has 0 bridgehead atoms. The van der Waals surface area contributed by atoms with Crippen molar-refractivity contribution in [3.63, 3.8) is 0 Å². The average Bonchev–Trinajstić information content (AvgIpc) is 2.21. The van der Waals surface area contributed by atoms with Crippen LogP contribution in [0.4, 0.5) is 0 Å². The maximum absolute atomic E-state index is 10.4. The van der Waals surface area contributed by atoms with Crippen molar-refractivity contribution in [2.75, 3.05) is 0 Å². The van der Waals surface area contributed by atoms with E-state index >= 15 is 0 Å². The molecule has 0 aliphatic heterocycles. The molecule has 1 rings (SSSR count). The van der Waals surface area contributed by atoms with Crippen molar-refractivity contribution in [1.29, 1.82) is 0 Å². The number of carbonyl (C=O) groups excluding carboxylic acids is 1. The molecule has 2 atom stereocenters. The molecule has 92 valence electrons. The lowest BCUT2D eigenvalue weighted by Gasteiger charge is -2.39. The molecule has 0 saturated heterocycles. The smallest absolute Gasteiger partial charge is 0.446 e. The predicted octanol–water partition coefficient (Wildman–Crippen LogP) is 0.258. The Morgan fingerprint density at radius 2 is 2.25 bits per heavy atom. The normalized spacial score (nSPS) is 29.8. The van der Waals surface area contributed by atoms with Gasteiger partial charge in [-0.2, -0.15) is 0 Å². The van der Waals surface area contributed by atoms with Gasteiger partial charge in [0.25, 0.3) is 6.47 Å². The Morgan fingerprint density at radius 3 is 2.88 bits per heavy atom. The van der Waals surface area contributed by atoms with Gasteiger partial charge >= 0.3 is 7.12 Å². The van der Waals surface area contributed by atoms with E-state index in [0.717, 1.165) is 25.7 Å². The first kappa shape index (κ1) is 13.5. The third kappa shape index (κ3) is 3.77. The van der Waals surface area contributed by atoms with Crippen LogP contribution in [0.15, 0.2) is 0 Å². The van der Waals surface area contributed by atoms with E-state index in [1.807, 2.05) is 0 Å². The van der Waals surface area contributed by atoms with E-state index in [1.54, 1.807) is 0 Å². The van der Waals surface area contributed by atoms with Crippen LogP contribution in [0.5, 0.6) is 0 Å². The summed E-state index contributed by atoms with van der Waals surface area (Å²) in [5.74, 6) is 0.130. The van der Waals surface area contributed by atoms with Gasteiger partial charge in [-0.3, -0.25) is 10.5 Å². The highest BCUT2D eigenvalue weighted by Gasteiger charge is 2.38. The molecular weight excluding hydrogens is 209 g/mol. The second-order valence-corrected chi connectivity index (χ2v) is 4.52. The van der Waals surface area contributed by atoms with Gasteiger partial charge in [0.15, 0.2) is 5.72 Å². The predicted molar refractivity (Wildman–Crippen MR) is 60.3 cm³/mol. The summed E-state index contributed by atoms with van der Waals surface area (Å²) in [5.41, 5.74) is 5.21. The Balaban J connectivity index is 2.43. The van der Waals surface area contributed by atoms with E-state index in [1.165, 1.54) is 0 Å². The zero-order chi connectivity index (χ0) is 12.0. The molecule has 1 aliphatic carbocycles.